The second-order valence-electron chi connectivity index (χ2n) is 7.57. The van der Waals surface area contributed by atoms with Crippen molar-refractivity contribution in [2.75, 3.05) is 13.1 Å². The highest BCUT2D eigenvalue weighted by molar-refractivity contribution is 5.95. The molecule has 4 rings (SSSR count). The van der Waals surface area contributed by atoms with Gasteiger partial charge in [0.2, 0.25) is 0 Å². The Morgan fingerprint density at radius 3 is 2.93 bits per heavy atom. The molecule has 0 spiro atoms. The summed E-state index contributed by atoms with van der Waals surface area (Å²) in [7, 11) is 0. The van der Waals surface area contributed by atoms with Crippen molar-refractivity contribution in [3.63, 3.8) is 0 Å². The molecule has 1 amide bonds. The summed E-state index contributed by atoms with van der Waals surface area (Å²) in [6, 6.07) is 9.91. The van der Waals surface area contributed by atoms with Crippen LogP contribution in [-0.2, 0) is 12.8 Å². The minimum Gasteiger partial charge on any atom is -0.427 e. The normalized spacial score (nSPS) is 17.2. The summed E-state index contributed by atoms with van der Waals surface area (Å²) in [5.74, 6) is 0.323. The predicted octanol–water partition coefficient (Wildman–Crippen LogP) is 2.78. The maximum Gasteiger partial charge on any atom is 0.349 e. The van der Waals surface area contributed by atoms with Gasteiger partial charge in [0.15, 0.2) is 0 Å². The number of nitrogens with one attached hydrogen (secondary N) is 1. The van der Waals surface area contributed by atoms with Crippen LogP contribution >= 0.6 is 0 Å². The number of amides is 1. The summed E-state index contributed by atoms with van der Waals surface area (Å²) in [5, 5.41) is 1.18. The van der Waals surface area contributed by atoms with Crippen molar-refractivity contribution in [1.82, 2.24) is 9.88 Å². The van der Waals surface area contributed by atoms with Gasteiger partial charge in [-0.3, -0.25) is 4.79 Å². The van der Waals surface area contributed by atoms with E-state index in [-0.39, 0.29) is 17.5 Å². The second kappa shape index (κ2) is 7.64. The van der Waals surface area contributed by atoms with E-state index in [1.807, 2.05) is 30.5 Å². The summed E-state index contributed by atoms with van der Waals surface area (Å²) in [6.45, 7) is 2.91. The molecule has 1 atom stereocenters. The van der Waals surface area contributed by atoms with Gasteiger partial charge < -0.3 is 20.0 Å². The number of aromatic nitrogens is 1. The van der Waals surface area contributed by atoms with Gasteiger partial charge in [0.25, 0.3) is 5.91 Å². The smallest absolute Gasteiger partial charge is 0.349 e. The van der Waals surface area contributed by atoms with Gasteiger partial charge in [-0.1, -0.05) is 18.2 Å². The van der Waals surface area contributed by atoms with Gasteiger partial charge in [-0.25, -0.2) is 4.79 Å². The number of fused-ring (bicyclic) bond motifs is 1. The Labute approximate surface area is 163 Å². The first-order chi connectivity index (χ1) is 13.5. The fourth-order valence-corrected chi connectivity index (χ4v) is 4.00. The molecule has 28 heavy (non-hydrogen) atoms. The average Bonchev–Trinajstić information content (AvgIpc) is 3.09. The number of nitrogens with two attached hydrogens (primary N) is 1. The number of carbonyl (C=O) groups excluding carboxylic acids is 1. The molecule has 6 nitrogen and oxygen atoms in total. The van der Waals surface area contributed by atoms with Gasteiger partial charge in [-0.05, 0) is 49.4 Å². The van der Waals surface area contributed by atoms with Crippen molar-refractivity contribution in [2.24, 2.45) is 5.73 Å². The Kier molecular flexibility index (Phi) is 5.05. The van der Waals surface area contributed by atoms with E-state index in [1.165, 1.54) is 10.9 Å². The van der Waals surface area contributed by atoms with Gasteiger partial charge in [0.05, 0.1) is 0 Å². The highest BCUT2D eigenvalue weighted by Gasteiger charge is 2.26. The molecule has 0 bridgehead atoms. The monoisotopic (exact) mass is 379 g/mol. The van der Waals surface area contributed by atoms with E-state index in [4.69, 9.17) is 10.2 Å². The second-order valence-corrected chi connectivity index (χ2v) is 7.57. The summed E-state index contributed by atoms with van der Waals surface area (Å²) in [5.41, 5.74) is 8.47. The minimum absolute atomic E-state index is 0.0273. The van der Waals surface area contributed by atoms with Crippen LogP contribution in [0.15, 0.2) is 45.7 Å². The van der Waals surface area contributed by atoms with E-state index in [1.54, 1.807) is 11.8 Å². The fourth-order valence-electron chi connectivity index (χ4n) is 4.00. The molecule has 3 heterocycles. The zero-order valence-electron chi connectivity index (χ0n) is 16.0. The lowest BCUT2D eigenvalue weighted by Gasteiger charge is -2.30. The Morgan fingerprint density at radius 1 is 1.32 bits per heavy atom. The van der Waals surface area contributed by atoms with Crippen molar-refractivity contribution in [3.8, 4) is 0 Å². The molecule has 6 heteroatoms. The predicted molar refractivity (Wildman–Crippen MR) is 109 cm³/mol. The quantitative estimate of drug-likeness (QED) is 0.729. The molecule has 1 saturated heterocycles. The number of likely N-dealkylation sites (tertiary alicyclic amines) is 1. The van der Waals surface area contributed by atoms with E-state index >= 15 is 0 Å². The van der Waals surface area contributed by atoms with Gasteiger partial charge in [-0.2, -0.15) is 0 Å². The third-order valence-corrected chi connectivity index (χ3v) is 5.47. The molecule has 1 aliphatic heterocycles. The van der Waals surface area contributed by atoms with Crippen LogP contribution in [0.3, 0.4) is 0 Å². The number of carbonyl (C=O) groups is 1. The molecule has 1 aromatic carbocycles. The number of para-hydroxylation sites is 1. The van der Waals surface area contributed by atoms with Gasteiger partial charge in [0.1, 0.15) is 11.3 Å². The number of benzene rings is 1. The van der Waals surface area contributed by atoms with Gasteiger partial charge >= 0.3 is 5.63 Å². The maximum atomic E-state index is 12.8. The number of H-pyrrole nitrogens is 1. The first-order valence-electron chi connectivity index (χ1n) is 9.76. The van der Waals surface area contributed by atoms with E-state index in [9.17, 15) is 9.59 Å². The minimum atomic E-state index is -0.557. The van der Waals surface area contributed by atoms with E-state index in [0.717, 1.165) is 24.8 Å². The van der Waals surface area contributed by atoms with Gasteiger partial charge in [0, 0.05) is 42.7 Å². The fraction of sp³-hybridized carbons (Fsp3) is 0.364. The highest BCUT2D eigenvalue weighted by Crippen LogP contribution is 2.20. The first kappa shape index (κ1) is 18.5. The van der Waals surface area contributed by atoms with Crippen LogP contribution in [0.2, 0.25) is 0 Å². The largest absolute Gasteiger partial charge is 0.427 e. The van der Waals surface area contributed by atoms with Crippen molar-refractivity contribution in [3.05, 3.63) is 69.4 Å². The van der Waals surface area contributed by atoms with Crippen molar-refractivity contribution < 1.29 is 9.21 Å². The summed E-state index contributed by atoms with van der Waals surface area (Å²) < 4.78 is 5.49. The number of hydrogen-bond acceptors (Lipinski definition) is 4. The van der Waals surface area contributed by atoms with Crippen LogP contribution in [0.25, 0.3) is 10.9 Å². The molecule has 0 unspecified atom stereocenters. The van der Waals surface area contributed by atoms with Crippen LogP contribution in [0.1, 0.15) is 40.1 Å². The third kappa shape index (κ3) is 3.60. The van der Waals surface area contributed by atoms with Crippen molar-refractivity contribution in [1.29, 1.82) is 0 Å². The summed E-state index contributed by atoms with van der Waals surface area (Å²) in [6.07, 6.45) is 5.11. The number of hydrogen-bond donors (Lipinski definition) is 2. The lowest BCUT2D eigenvalue weighted by atomic mass is 10.0. The first-order valence-corrected chi connectivity index (χ1v) is 9.76. The number of piperidine rings is 1. The van der Waals surface area contributed by atoms with Crippen molar-refractivity contribution >= 4 is 16.8 Å². The third-order valence-electron chi connectivity index (χ3n) is 5.47. The maximum absolute atomic E-state index is 12.8. The molecule has 1 aliphatic rings. The Morgan fingerprint density at radius 2 is 2.14 bits per heavy atom. The van der Waals surface area contributed by atoms with Crippen LogP contribution in [0.5, 0.6) is 0 Å². The van der Waals surface area contributed by atoms with Crippen LogP contribution in [-0.4, -0.2) is 34.9 Å². The molecule has 3 aromatic rings. The van der Waals surface area contributed by atoms with E-state index < -0.39 is 5.63 Å². The molecule has 0 radical (unpaired) electrons. The summed E-state index contributed by atoms with van der Waals surface area (Å²) >= 11 is 0. The van der Waals surface area contributed by atoms with Crippen LogP contribution in [0.4, 0.5) is 0 Å². The lowest BCUT2D eigenvalue weighted by Crippen LogP contribution is -2.46. The molecule has 146 valence electrons. The topological polar surface area (TPSA) is 92.3 Å². The Bertz CT molecular complexity index is 1070. The van der Waals surface area contributed by atoms with Crippen LogP contribution in [0, 0.1) is 6.92 Å². The number of aryl methyl sites for hydroxylation is 3. The highest BCUT2D eigenvalue weighted by atomic mass is 16.4. The molecule has 1 fully saturated rings. The molecular weight excluding hydrogens is 354 g/mol. The Hall–Kier alpha value is -2.86. The van der Waals surface area contributed by atoms with E-state index in [0.29, 0.717) is 30.8 Å². The standard InChI is InChI=1S/C22H25N3O3/c1-14-11-17(9-8-15-12-24-19-7-3-2-6-18(15)19)28-22(27)20(14)21(26)25-10-4-5-16(23)13-25/h2-3,6-7,11-12,16,24H,4-5,8-10,13,23H2,1H3/t16-/m0/s1. The summed E-state index contributed by atoms with van der Waals surface area (Å²) in [4.78, 5) is 30.3. The lowest BCUT2D eigenvalue weighted by molar-refractivity contribution is 0.0703. The zero-order valence-corrected chi connectivity index (χ0v) is 16.0. The van der Waals surface area contributed by atoms with Crippen LogP contribution < -0.4 is 11.4 Å². The molecule has 0 saturated carbocycles. The molecular formula is C22H25N3O3. The van der Waals surface area contributed by atoms with Gasteiger partial charge in [-0.15, -0.1) is 0 Å². The number of aromatic amines is 1. The SMILES string of the molecule is Cc1cc(CCc2c[nH]c3ccccc23)oc(=O)c1C(=O)N1CCC[C@H](N)C1. The number of rotatable bonds is 4. The average molecular weight is 379 g/mol. The molecule has 0 aliphatic carbocycles. The van der Waals surface area contributed by atoms with E-state index in [2.05, 4.69) is 11.1 Å². The van der Waals surface area contributed by atoms with Crippen molar-refractivity contribution in [2.45, 2.75) is 38.6 Å². The molecule has 3 N–H and O–H groups in total. The molecule has 2 aromatic heterocycles. The Balaban J connectivity index is 1.52. The number of nitrogens with zero attached hydrogens (tertiary/aromatic N) is 1. The zero-order chi connectivity index (χ0) is 19.7.